The minimum absolute atomic E-state index is 0.121. The van der Waals surface area contributed by atoms with Gasteiger partial charge in [-0.15, -0.1) is 0 Å². The van der Waals surface area contributed by atoms with Crippen LogP contribution in [-0.4, -0.2) is 11.7 Å². The summed E-state index contributed by atoms with van der Waals surface area (Å²) in [5.41, 5.74) is 7.46. The molecule has 2 saturated carbocycles. The highest BCUT2D eigenvalue weighted by Crippen LogP contribution is 2.62. The van der Waals surface area contributed by atoms with E-state index in [1.54, 1.807) is 0 Å². The van der Waals surface area contributed by atoms with Gasteiger partial charge in [-0.25, -0.2) is 0 Å². The molecule has 2 nitrogen and oxygen atoms in total. The predicted molar refractivity (Wildman–Crippen MR) is 77.7 cm³/mol. The molecular formula is C17H25NO. The molecule has 2 bridgehead atoms. The summed E-state index contributed by atoms with van der Waals surface area (Å²) in [6, 6.07) is 8.28. The smallest absolute Gasteiger partial charge is 0.0939 e. The van der Waals surface area contributed by atoms with E-state index in [2.05, 4.69) is 25.1 Å². The van der Waals surface area contributed by atoms with Gasteiger partial charge < -0.3 is 10.8 Å². The molecule has 2 fully saturated rings. The maximum absolute atomic E-state index is 11.3. The number of rotatable bonds is 3. The van der Waals surface area contributed by atoms with Crippen LogP contribution in [0.4, 0.5) is 0 Å². The molecule has 4 atom stereocenters. The van der Waals surface area contributed by atoms with Gasteiger partial charge in [-0.05, 0) is 50.5 Å². The summed E-state index contributed by atoms with van der Waals surface area (Å²) in [5, 5.41) is 11.3. The van der Waals surface area contributed by atoms with Crippen molar-refractivity contribution >= 4 is 0 Å². The molecule has 19 heavy (non-hydrogen) atoms. The Hall–Kier alpha value is -0.860. The van der Waals surface area contributed by atoms with E-state index in [4.69, 9.17) is 5.73 Å². The molecule has 1 aromatic rings. The lowest BCUT2D eigenvalue weighted by Crippen LogP contribution is -2.52. The van der Waals surface area contributed by atoms with E-state index in [9.17, 15) is 5.11 Å². The number of fused-ring (bicyclic) bond motifs is 2. The SMILES string of the molecule is Cc1cccc(C(C)(O)C2(CN)CC3CCC2C3)c1. The number of benzene rings is 1. The molecule has 0 aliphatic heterocycles. The first kappa shape index (κ1) is 13.1. The molecule has 1 aromatic carbocycles. The number of nitrogens with two attached hydrogens (primary N) is 1. The topological polar surface area (TPSA) is 46.2 Å². The third kappa shape index (κ3) is 1.77. The number of aryl methyl sites for hydroxylation is 1. The van der Waals surface area contributed by atoms with E-state index >= 15 is 0 Å². The van der Waals surface area contributed by atoms with E-state index in [0.717, 1.165) is 17.9 Å². The van der Waals surface area contributed by atoms with Crippen LogP contribution < -0.4 is 5.73 Å². The Morgan fingerprint density at radius 1 is 1.42 bits per heavy atom. The van der Waals surface area contributed by atoms with Gasteiger partial charge in [0.05, 0.1) is 5.60 Å². The average molecular weight is 259 g/mol. The van der Waals surface area contributed by atoms with Crippen LogP contribution in [-0.2, 0) is 5.60 Å². The number of hydrogen-bond acceptors (Lipinski definition) is 2. The number of aliphatic hydroxyl groups is 1. The van der Waals surface area contributed by atoms with Gasteiger partial charge in [0.25, 0.3) is 0 Å². The highest BCUT2D eigenvalue weighted by molar-refractivity contribution is 5.30. The Balaban J connectivity index is 2.03. The molecular weight excluding hydrogens is 234 g/mol. The van der Waals surface area contributed by atoms with E-state index < -0.39 is 5.60 Å². The van der Waals surface area contributed by atoms with Crippen molar-refractivity contribution in [1.82, 2.24) is 0 Å². The second kappa shape index (κ2) is 4.32. The monoisotopic (exact) mass is 259 g/mol. The van der Waals surface area contributed by atoms with Crippen LogP contribution in [0.2, 0.25) is 0 Å². The first-order valence-electron chi connectivity index (χ1n) is 7.49. The minimum atomic E-state index is -0.812. The summed E-state index contributed by atoms with van der Waals surface area (Å²) in [5.74, 6) is 1.38. The standard InChI is InChI=1S/C17H25NO/c1-12-4-3-5-14(8-12)16(2,19)17(11-18)10-13-6-7-15(17)9-13/h3-5,8,13,15,19H,6-7,9-11,18H2,1-2H3. The second-order valence-corrected chi connectivity index (χ2v) is 6.88. The van der Waals surface area contributed by atoms with Gasteiger partial charge in [0.1, 0.15) is 0 Å². The van der Waals surface area contributed by atoms with Crippen molar-refractivity contribution in [2.45, 2.75) is 45.1 Å². The lowest BCUT2D eigenvalue weighted by Gasteiger charge is -2.48. The molecule has 0 amide bonds. The van der Waals surface area contributed by atoms with Crippen LogP contribution >= 0.6 is 0 Å². The van der Waals surface area contributed by atoms with Gasteiger partial charge in [0.15, 0.2) is 0 Å². The Labute approximate surface area is 116 Å². The third-order valence-electron chi connectivity index (χ3n) is 5.89. The lowest BCUT2D eigenvalue weighted by atomic mass is 9.60. The molecule has 3 N–H and O–H groups in total. The summed E-state index contributed by atoms with van der Waals surface area (Å²) in [7, 11) is 0. The predicted octanol–water partition coefficient (Wildman–Crippen LogP) is 2.97. The summed E-state index contributed by atoms with van der Waals surface area (Å²) >= 11 is 0. The quantitative estimate of drug-likeness (QED) is 0.876. The van der Waals surface area contributed by atoms with Crippen LogP contribution in [0.5, 0.6) is 0 Å². The molecule has 0 spiro atoms. The highest BCUT2D eigenvalue weighted by Gasteiger charge is 2.59. The van der Waals surface area contributed by atoms with Gasteiger partial charge in [-0.2, -0.15) is 0 Å². The number of hydrogen-bond donors (Lipinski definition) is 2. The molecule has 0 saturated heterocycles. The largest absolute Gasteiger partial charge is 0.385 e. The van der Waals surface area contributed by atoms with Crippen molar-refractivity contribution < 1.29 is 5.11 Å². The Morgan fingerprint density at radius 3 is 2.74 bits per heavy atom. The van der Waals surface area contributed by atoms with Crippen LogP contribution in [0.1, 0.15) is 43.7 Å². The fraction of sp³-hybridized carbons (Fsp3) is 0.647. The summed E-state index contributed by atoms with van der Waals surface area (Å²) in [6.45, 7) is 4.65. The maximum atomic E-state index is 11.3. The molecule has 3 rings (SSSR count). The Kier molecular flexibility index (Phi) is 2.99. The van der Waals surface area contributed by atoms with Crippen LogP contribution in [0.3, 0.4) is 0 Å². The fourth-order valence-corrected chi connectivity index (χ4v) is 4.72. The molecule has 4 unspecified atom stereocenters. The van der Waals surface area contributed by atoms with Crippen molar-refractivity contribution in [3.63, 3.8) is 0 Å². The molecule has 0 aromatic heterocycles. The zero-order valence-electron chi connectivity index (χ0n) is 12.0. The molecule has 2 heteroatoms. The van der Waals surface area contributed by atoms with Crippen molar-refractivity contribution in [2.75, 3.05) is 6.54 Å². The summed E-state index contributed by atoms with van der Waals surface area (Å²) in [4.78, 5) is 0. The maximum Gasteiger partial charge on any atom is 0.0939 e. The zero-order valence-corrected chi connectivity index (χ0v) is 12.0. The van der Waals surface area contributed by atoms with E-state index in [-0.39, 0.29) is 5.41 Å². The molecule has 0 heterocycles. The summed E-state index contributed by atoms with van der Waals surface area (Å²) < 4.78 is 0. The van der Waals surface area contributed by atoms with Gasteiger partial charge in [0.2, 0.25) is 0 Å². The first-order valence-corrected chi connectivity index (χ1v) is 7.49. The van der Waals surface area contributed by atoms with Crippen LogP contribution in [0.25, 0.3) is 0 Å². The Morgan fingerprint density at radius 2 is 2.21 bits per heavy atom. The second-order valence-electron chi connectivity index (χ2n) is 6.88. The van der Waals surface area contributed by atoms with Crippen molar-refractivity contribution in [1.29, 1.82) is 0 Å². The van der Waals surface area contributed by atoms with Crippen LogP contribution in [0, 0.1) is 24.2 Å². The van der Waals surface area contributed by atoms with Crippen molar-refractivity contribution in [3.8, 4) is 0 Å². The van der Waals surface area contributed by atoms with Crippen molar-refractivity contribution in [2.24, 2.45) is 23.0 Å². The molecule has 2 aliphatic rings. The van der Waals surface area contributed by atoms with E-state index in [1.165, 1.54) is 24.8 Å². The van der Waals surface area contributed by atoms with Gasteiger partial charge in [-0.3, -0.25) is 0 Å². The fourth-order valence-electron chi connectivity index (χ4n) is 4.72. The lowest BCUT2D eigenvalue weighted by molar-refractivity contribution is -0.103. The van der Waals surface area contributed by atoms with Crippen molar-refractivity contribution in [3.05, 3.63) is 35.4 Å². The first-order chi connectivity index (χ1) is 8.99. The molecule has 2 aliphatic carbocycles. The van der Waals surface area contributed by atoms with E-state index in [1.807, 2.05) is 13.0 Å². The average Bonchev–Trinajstić information content (AvgIpc) is 2.99. The highest BCUT2D eigenvalue weighted by atomic mass is 16.3. The Bertz CT molecular complexity index is 482. The van der Waals surface area contributed by atoms with Gasteiger partial charge >= 0.3 is 0 Å². The third-order valence-corrected chi connectivity index (χ3v) is 5.89. The molecule has 0 radical (unpaired) electrons. The normalized spacial score (nSPS) is 36.4. The van der Waals surface area contributed by atoms with Gasteiger partial charge in [0, 0.05) is 12.0 Å². The minimum Gasteiger partial charge on any atom is -0.385 e. The van der Waals surface area contributed by atoms with E-state index in [0.29, 0.717) is 12.5 Å². The molecule has 104 valence electrons. The van der Waals surface area contributed by atoms with Gasteiger partial charge in [-0.1, -0.05) is 36.2 Å². The van der Waals surface area contributed by atoms with Crippen LogP contribution in [0.15, 0.2) is 24.3 Å². The summed E-state index contributed by atoms with van der Waals surface area (Å²) in [6.07, 6.45) is 4.93. The zero-order chi connectivity index (χ0) is 13.7.